The van der Waals surface area contributed by atoms with E-state index < -0.39 is 10.0 Å². The number of piperazine rings is 1. The molecule has 146 valence electrons. The number of ether oxygens (including phenoxy) is 1. The molecule has 0 aliphatic carbocycles. The predicted octanol–water partition coefficient (Wildman–Crippen LogP) is 3.21. The first-order valence-electron chi connectivity index (χ1n) is 9.26. The highest BCUT2D eigenvalue weighted by atomic mass is 32.2. The minimum Gasteiger partial charge on any atom is -0.497 e. The molecule has 0 spiro atoms. The van der Waals surface area contributed by atoms with Gasteiger partial charge in [0.15, 0.2) is 0 Å². The Balaban J connectivity index is 1.78. The fourth-order valence-corrected chi connectivity index (χ4v) is 5.72. The van der Waals surface area contributed by atoms with Gasteiger partial charge in [0.25, 0.3) is 0 Å². The average Bonchev–Trinajstić information content (AvgIpc) is 2.63. The van der Waals surface area contributed by atoms with Crippen LogP contribution in [0.25, 0.3) is 0 Å². The molecule has 1 aliphatic rings. The third-order valence-electron chi connectivity index (χ3n) is 5.22. The van der Waals surface area contributed by atoms with Gasteiger partial charge in [-0.25, -0.2) is 8.42 Å². The van der Waals surface area contributed by atoms with Gasteiger partial charge in [-0.3, -0.25) is 4.90 Å². The van der Waals surface area contributed by atoms with Gasteiger partial charge in [0.05, 0.1) is 12.0 Å². The summed E-state index contributed by atoms with van der Waals surface area (Å²) in [5.74, 6) is 0.685. The summed E-state index contributed by atoms with van der Waals surface area (Å²) in [6, 6.07) is 14.0. The fraction of sp³-hybridized carbons (Fsp3) is 0.429. The number of rotatable bonds is 5. The Bertz CT molecular complexity index is 874. The third-order valence-corrected chi connectivity index (χ3v) is 7.40. The highest BCUT2D eigenvalue weighted by Gasteiger charge is 2.34. The van der Waals surface area contributed by atoms with Gasteiger partial charge in [-0.2, -0.15) is 4.31 Å². The van der Waals surface area contributed by atoms with Gasteiger partial charge in [-0.15, -0.1) is 0 Å². The van der Waals surface area contributed by atoms with Crippen LogP contribution in [0, 0.1) is 13.8 Å². The number of methoxy groups -OCH3 is 1. The quantitative estimate of drug-likeness (QED) is 0.789. The predicted molar refractivity (Wildman–Crippen MR) is 108 cm³/mol. The van der Waals surface area contributed by atoms with E-state index in [1.165, 1.54) is 5.56 Å². The van der Waals surface area contributed by atoms with Crippen molar-refractivity contribution >= 4 is 10.0 Å². The monoisotopic (exact) mass is 388 g/mol. The van der Waals surface area contributed by atoms with E-state index >= 15 is 0 Å². The number of benzene rings is 2. The van der Waals surface area contributed by atoms with Crippen LogP contribution in [-0.4, -0.2) is 50.4 Å². The number of hydrogen-bond donors (Lipinski definition) is 0. The Hall–Kier alpha value is -1.89. The van der Waals surface area contributed by atoms with Crippen LogP contribution in [0.4, 0.5) is 0 Å². The van der Waals surface area contributed by atoms with E-state index in [1.54, 1.807) is 23.5 Å². The normalized spacial score (nSPS) is 19.2. The van der Waals surface area contributed by atoms with E-state index in [9.17, 15) is 8.42 Å². The van der Waals surface area contributed by atoms with Gasteiger partial charge in [-0.1, -0.05) is 30.3 Å². The Morgan fingerprint density at radius 3 is 2.26 bits per heavy atom. The van der Waals surface area contributed by atoms with Crippen molar-refractivity contribution in [1.82, 2.24) is 9.21 Å². The zero-order valence-corrected chi connectivity index (χ0v) is 17.3. The maximum atomic E-state index is 13.3. The van der Waals surface area contributed by atoms with Crippen LogP contribution in [0.3, 0.4) is 0 Å². The lowest BCUT2D eigenvalue weighted by Crippen LogP contribution is -2.53. The molecule has 0 radical (unpaired) electrons. The summed E-state index contributed by atoms with van der Waals surface area (Å²) in [6.45, 7) is 8.33. The Kier molecular flexibility index (Phi) is 5.89. The van der Waals surface area contributed by atoms with Crippen molar-refractivity contribution < 1.29 is 13.2 Å². The smallest absolute Gasteiger partial charge is 0.243 e. The fourth-order valence-electron chi connectivity index (χ4n) is 3.80. The summed E-state index contributed by atoms with van der Waals surface area (Å²) >= 11 is 0. The second-order valence-electron chi connectivity index (χ2n) is 7.26. The molecule has 0 bridgehead atoms. The maximum Gasteiger partial charge on any atom is 0.243 e. The molecule has 3 rings (SSSR count). The number of hydrogen-bond acceptors (Lipinski definition) is 4. The molecule has 1 heterocycles. The summed E-state index contributed by atoms with van der Waals surface area (Å²) in [6.07, 6.45) is 0. The zero-order chi connectivity index (χ0) is 19.6. The van der Waals surface area contributed by atoms with Crippen LogP contribution in [-0.2, 0) is 16.6 Å². The molecule has 6 heteroatoms. The van der Waals surface area contributed by atoms with Gasteiger partial charge in [0, 0.05) is 32.2 Å². The first-order valence-corrected chi connectivity index (χ1v) is 10.7. The molecule has 0 N–H and O–H groups in total. The van der Waals surface area contributed by atoms with Crippen LogP contribution >= 0.6 is 0 Å². The number of aryl methyl sites for hydroxylation is 2. The molecule has 27 heavy (non-hydrogen) atoms. The molecule has 1 unspecified atom stereocenters. The Morgan fingerprint density at radius 1 is 1.07 bits per heavy atom. The van der Waals surface area contributed by atoms with E-state index in [0.29, 0.717) is 23.7 Å². The molecule has 2 aromatic carbocycles. The van der Waals surface area contributed by atoms with Crippen molar-refractivity contribution in [2.75, 3.05) is 26.7 Å². The number of nitrogens with zero attached hydrogens (tertiary/aromatic N) is 2. The van der Waals surface area contributed by atoms with Crippen LogP contribution in [0.2, 0.25) is 0 Å². The first kappa shape index (κ1) is 19.9. The molecule has 0 amide bonds. The highest BCUT2D eigenvalue weighted by molar-refractivity contribution is 7.89. The second-order valence-corrected chi connectivity index (χ2v) is 9.13. The molecule has 1 fully saturated rings. The largest absolute Gasteiger partial charge is 0.497 e. The maximum absolute atomic E-state index is 13.3. The second kappa shape index (κ2) is 8.00. The van der Waals surface area contributed by atoms with Crippen molar-refractivity contribution in [3.63, 3.8) is 0 Å². The summed E-state index contributed by atoms with van der Waals surface area (Å²) in [5.41, 5.74) is 2.71. The highest BCUT2D eigenvalue weighted by Crippen LogP contribution is 2.29. The molecule has 2 aromatic rings. The van der Waals surface area contributed by atoms with Crippen LogP contribution in [0.1, 0.15) is 23.6 Å². The number of sulfonamides is 1. The van der Waals surface area contributed by atoms with Gasteiger partial charge in [0.2, 0.25) is 10.0 Å². The van der Waals surface area contributed by atoms with Gasteiger partial charge >= 0.3 is 0 Å². The van der Waals surface area contributed by atoms with Gasteiger partial charge < -0.3 is 4.74 Å². The molecule has 5 nitrogen and oxygen atoms in total. The van der Waals surface area contributed by atoms with Crippen molar-refractivity contribution in [3.05, 3.63) is 59.2 Å². The summed E-state index contributed by atoms with van der Waals surface area (Å²) in [7, 11) is -1.93. The van der Waals surface area contributed by atoms with E-state index in [2.05, 4.69) is 24.0 Å². The molecule has 1 aliphatic heterocycles. The minimum atomic E-state index is -3.53. The van der Waals surface area contributed by atoms with Crippen molar-refractivity contribution in [1.29, 1.82) is 0 Å². The summed E-state index contributed by atoms with van der Waals surface area (Å²) in [4.78, 5) is 2.75. The Morgan fingerprint density at radius 2 is 1.70 bits per heavy atom. The lowest BCUT2D eigenvalue weighted by atomic mass is 10.1. The summed E-state index contributed by atoms with van der Waals surface area (Å²) in [5, 5.41) is 0. The molecular weight excluding hydrogens is 360 g/mol. The summed E-state index contributed by atoms with van der Waals surface area (Å²) < 4.78 is 33.5. The topological polar surface area (TPSA) is 49.9 Å². The lowest BCUT2D eigenvalue weighted by molar-refractivity contribution is 0.122. The molecule has 0 aromatic heterocycles. The Labute approximate surface area is 162 Å². The van der Waals surface area contributed by atoms with E-state index in [4.69, 9.17) is 4.74 Å². The van der Waals surface area contributed by atoms with E-state index in [0.717, 1.165) is 24.2 Å². The zero-order valence-electron chi connectivity index (χ0n) is 16.5. The van der Waals surface area contributed by atoms with Gasteiger partial charge in [0.1, 0.15) is 5.75 Å². The van der Waals surface area contributed by atoms with Crippen molar-refractivity contribution in [2.24, 2.45) is 0 Å². The third kappa shape index (κ3) is 4.18. The molecule has 1 atom stereocenters. The molecule has 0 saturated carbocycles. The van der Waals surface area contributed by atoms with Gasteiger partial charge in [-0.05, 0) is 49.6 Å². The first-order chi connectivity index (χ1) is 12.8. The molecular formula is C21H28N2O3S. The van der Waals surface area contributed by atoms with E-state index in [-0.39, 0.29) is 6.04 Å². The van der Waals surface area contributed by atoms with Crippen LogP contribution < -0.4 is 4.74 Å². The van der Waals surface area contributed by atoms with Crippen LogP contribution in [0.5, 0.6) is 5.75 Å². The standard InChI is InChI=1S/C21H28N2O3S/c1-16-12-20(26-4)13-17(2)21(16)27(24,25)23-11-10-22(18(3)14-23)15-19-8-6-5-7-9-19/h5-9,12-13,18H,10-11,14-15H2,1-4H3. The minimum absolute atomic E-state index is 0.160. The van der Waals surface area contributed by atoms with Crippen molar-refractivity contribution in [2.45, 2.75) is 38.3 Å². The van der Waals surface area contributed by atoms with E-state index in [1.807, 2.05) is 32.0 Å². The molecule has 1 saturated heterocycles. The lowest BCUT2D eigenvalue weighted by Gasteiger charge is -2.39. The van der Waals surface area contributed by atoms with Crippen LogP contribution in [0.15, 0.2) is 47.4 Å². The van der Waals surface area contributed by atoms with Crippen molar-refractivity contribution in [3.8, 4) is 5.75 Å². The SMILES string of the molecule is COc1cc(C)c(S(=O)(=O)N2CCN(Cc3ccccc3)C(C)C2)c(C)c1. The average molecular weight is 389 g/mol.